The number of pyridine rings is 1. The molecule has 1 saturated heterocycles. The Morgan fingerprint density at radius 2 is 2.28 bits per heavy atom. The molecule has 5 heteroatoms. The fourth-order valence-corrected chi connectivity index (χ4v) is 2.56. The average molecular weight is 249 g/mol. The fourth-order valence-electron chi connectivity index (χ4n) is 2.56. The van der Waals surface area contributed by atoms with Crippen molar-refractivity contribution in [2.24, 2.45) is 5.84 Å². The summed E-state index contributed by atoms with van der Waals surface area (Å²) in [6, 6.07) is 6.47. The van der Waals surface area contributed by atoms with E-state index in [9.17, 15) is 0 Å². The summed E-state index contributed by atoms with van der Waals surface area (Å²) >= 11 is 0. The van der Waals surface area contributed by atoms with Gasteiger partial charge in [-0.3, -0.25) is 0 Å². The van der Waals surface area contributed by atoms with E-state index in [2.05, 4.69) is 40.2 Å². The van der Waals surface area contributed by atoms with Crippen LogP contribution in [0.15, 0.2) is 18.2 Å². The van der Waals surface area contributed by atoms with E-state index in [4.69, 9.17) is 5.84 Å². The third-order valence-corrected chi connectivity index (χ3v) is 3.55. The number of hydrogen-bond donors (Lipinski definition) is 2. The van der Waals surface area contributed by atoms with Gasteiger partial charge in [-0.15, -0.1) is 0 Å². The first-order valence-electron chi connectivity index (χ1n) is 6.63. The van der Waals surface area contributed by atoms with E-state index in [1.54, 1.807) is 0 Å². The van der Waals surface area contributed by atoms with Crippen molar-refractivity contribution >= 4 is 11.6 Å². The van der Waals surface area contributed by atoms with E-state index in [-0.39, 0.29) is 0 Å². The smallest absolute Gasteiger partial charge is 0.142 e. The molecule has 0 bridgehead atoms. The van der Waals surface area contributed by atoms with Gasteiger partial charge < -0.3 is 15.2 Å². The maximum atomic E-state index is 5.43. The van der Waals surface area contributed by atoms with Crippen LogP contribution in [0, 0.1) is 0 Å². The largest absolute Gasteiger partial charge is 0.352 e. The van der Waals surface area contributed by atoms with E-state index >= 15 is 0 Å². The molecule has 1 aliphatic rings. The Morgan fingerprint density at radius 1 is 1.44 bits per heavy atom. The zero-order valence-corrected chi connectivity index (χ0v) is 11.3. The number of nitrogens with zero attached hydrogens (tertiary/aromatic N) is 3. The van der Waals surface area contributed by atoms with Gasteiger partial charge in [0, 0.05) is 19.1 Å². The quantitative estimate of drug-likeness (QED) is 0.624. The lowest BCUT2D eigenvalue weighted by Gasteiger charge is -2.31. The van der Waals surface area contributed by atoms with Crippen molar-refractivity contribution < 1.29 is 0 Å². The molecule has 1 aromatic heterocycles. The summed E-state index contributed by atoms with van der Waals surface area (Å²) < 4.78 is 0. The standard InChI is InChI=1S/C13H23N5/c1-3-11-10-17(2)8-5-9-18(11)13-7-4-6-12(15-13)16-14/h4,6-7,11H,3,5,8-10,14H2,1-2H3,(H,15,16). The summed E-state index contributed by atoms with van der Waals surface area (Å²) in [7, 11) is 2.19. The number of hydrazine groups is 1. The number of aromatic nitrogens is 1. The van der Waals surface area contributed by atoms with Crippen LogP contribution in [0.1, 0.15) is 19.8 Å². The van der Waals surface area contributed by atoms with Crippen LogP contribution in [0.4, 0.5) is 11.6 Å². The van der Waals surface area contributed by atoms with Crippen LogP contribution in [0.3, 0.4) is 0 Å². The molecule has 0 aromatic carbocycles. The zero-order chi connectivity index (χ0) is 13.0. The molecule has 2 heterocycles. The maximum Gasteiger partial charge on any atom is 0.142 e. The van der Waals surface area contributed by atoms with Gasteiger partial charge in [0.15, 0.2) is 0 Å². The summed E-state index contributed by atoms with van der Waals surface area (Å²) in [5.74, 6) is 7.17. The van der Waals surface area contributed by atoms with Crippen molar-refractivity contribution in [1.29, 1.82) is 0 Å². The molecular formula is C13H23N5. The highest BCUT2D eigenvalue weighted by Gasteiger charge is 2.23. The number of nitrogens with two attached hydrogens (primary N) is 1. The Labute approximate surface area is 109 Å². The Kier molecular flexibility index (Phi) is 4.38. The Balaban J connectivity index is 2.22. The van der Waals surface area contributed by atoms with Gasteiger partial charge >= 0.3 is 0 Å². The molecule has 3 N–H and O–H groups in total. The van der Waals surface area contributed by atoms with Gasteiger partial charge in [-0.1, -0.05) is 13.0 Å². The Bertz CT molecular complexity index is 381. The van der Waals surface area contributed by atoms with Crippen LogP contribution in [0.25, 0.3) is 0 Å². The second-order valence-corrected chi connectivity index (χ2v) is 4.90. The van der Waals surface area contributed by atoms with Crippen LogP contribution in [-0.4, -0.2) is 42.6 Å². The second-order valence-electron chi connectivity index (χ2n) is 4.90. The van der Waals surface area contributed by atoms with Gasteiger partial charge in [0.25, 0.3) is 0 Å². The highest BCUT2D eigenvalue weighted by molar-refractivity contribution is 5.47. The average Bonchev–Trinajstić information content (AvgIpc) is 2.60. The summed E-state index contributed by atoms with van der Waals surface area (Å²) in [5.41, 5.74) is 2.62. The van der Waals surface area contributed by atoms with Crippen LogP contribution >= 0.6 is 0 Å². The minimum Gasteiger partial charge on any atom is -0.352 e. The predicted molar refractivity (Wildman–Crippen MR) is 75.6 cm³/mol. The zero-order valence-electron chi connectivity index (χ0n) is 11.3. The minimum atomic E-state index is 0.526. The molecule has 0 aliphatic carbocycles. The molecule has 100 valence electrons. The van der Waals surface area contributed by atoms with Crippen molar-refractivity contribution in [3.63, 3.8) is 0 Å². The molecule has 18 heavy (non-hydrogen) atoms. The molecule has 2 rings (SSSR count). The van der Waals surface area contributed by atoms with Crippen LogP contribution in [-0.2, 0) is 0 Å². The van der Waals surface area contributed by atoms with E-state index in [0.29, 0.717) is 6.04 Å². The fraction of sp³-hybridized carbons (Fsp3) is 0.615. The number of nitrogens with one attached hydrogen (secondary N) is 1. The maximum absolute atomic E-state index is 5.43. The third-order valence-electron chi connectivity index (χ3n) is 3.55. The van der Waals surface area contributed by atoms with E-state index in [0.717, 1.165) is 37.7 Å². The highest BCUT2D eigenvalue weighted by atomic mass is 15.3. The van der Waals surface area contributed by atoms with Gasteiger partial charge in [0.05, 0.1) is 0 Å². The lowest BCUT2D eigenvalue weighted by Crippen LogP contribution is -2.40. The van der Waals surface area contributed by atoms with Crippen molar-refractivity contribution in [3.05, 3.63) is 18.2 Å². The summed E-state index contributed by atoms with van der Waals surface area (Å²) in [6.07, 6.45) is 2.31. The Hall–Kier alpha value is -1.33. The van der Waals surface area contributed by atoms with Crippen molar-refractivity contribution in [2.75, 3.05) is 37.0 Å². The van der Waals surface area contributed by atoms with Gasteiger partial charge in [-0.25, -0.2) is 10.8 Å². The minimum absolute atomic E-state index is 0.526. The van der Waals surface area contributed by atoms with Crippen LogP contribution in [0.2, 0.25) is 0 Å². The van der Waals surface area contributed by atoms with Crippen LogP contribution in [0.5, 0.6) is 0 Å². The molecule has 1 aromatic rings. The molecular weight excluding hydrogens is 226 g/mol. The molecule has 1 unspecified atom stereocenters. The summed E-state index contributed by atoms with van der Waals surface area (Å²) in [5, 5.41) is 0. The molecule has 1 fully saturated rings. The van der Waals surface area contributed by atoms with E-state index in [1.165, 1.54) is 6.42 Å². The van der Waals surface area contributed by atoms with Gasteiger partial charge in [0.1, 0.15) is 11.6 Å². The molecule has 1 aliphatic heterocycles. The molecule has 0 amide bonds. The summed E-state index contributed by atoms with van der Waals surface area (Å²) in [6.45, 7) is 5.55. The van der Waals surface area contributed by atoms with Gasteiger partial charge in [-0.05, 0) is 38.6 Å². The predicted octanol–water partition coefficient (Wildman–Crippen LogP) is 1.29. The first kappa shape index (κ1) is 13.1. The van der Waals surface area contributed by atoms with Gasteiger partial charge in [-0.2, -0.15) is 0 Å². The number of nitrogen functional groups attached to an aromatic ring is 1. The molecule has 0 radical (unpaired) electrons. The van der Waals surface area contributed by atoms with Crippen molar-refractivity contribution in [2.45, 2.75) is 25.8 Å². The Morgan fingerprint density at radius 3 is 3.00 bits per heavy atom. The monoisotopic (exact) mass is 249 g/mol. The van der Waals surface area contributed by atoms with Crippen molar-refractivity contribution in [1.82, 2.24) is 9.88 Å². The molecule has 0 saturated carbocycles. The number of likely N-dealkylation sites (N-methyl/N-ethyl adjacent to an activating group) is 1. The van der Waals surface area contributed by atoms with Crippen LogP contribution < -0.4 is 16.2 Å². The third kappa shape index (κ3) is 2.91. The molecule has 5 nitrogen and oxygen atoms in total. The number of rotatable bonds is 3. The van der Waals surface area contributed by atoms with E-state index < -0.39 is 0 Å². The second kappa shape index (κ2) is 6.02. The number of hydrogen-bond acceptors (Lipinski definition) is 5. The lowest BCUT2D eigenvalue weighted by molar-refractivity contribution is 0.327. The topological polar surface area (TPSA) is 57.4 Å². The molecule has 1 atom stereocenters. The number of anilines is 2. The van der Waals surface area contributed by atoms with Crippen molar-refractivity contribution in [3.8, 4) is 0 Å². The lowest BCUT2D eigenvalue weighted by atomic mass is 10.2. The molecule has 0 spiro atoms. The van der Waals surface area contributed by atoms with Gasteiger partial charge in [0.2, 0.25) is 0 Å². The highest BCUT2D eigenvalue weighted by Crippen LogP contribution is 2.21. The normalized spacial score (nSPS) is 21.7. The SMILES string of the molecule is CCC1CN(C)CCCN1c1cccc(NN)n1. The first-order chi connectivity index (χ1) is 8.74. The van der Waals surface area contributed by atoms with E-state index in [1.807, 2.05) is 12.1 Å². The summed E-state index contributed by atoms with van der Waals surface area (Å²) in [4.78, 5) is 9.36. The first-order valence-corrected chi connectivity index (χ1v) is 6.63.